The van der Waals surface area contributed by atoms with E-state index in [9.17, 15) is 0 Å². The van der Waals surface area contributed by atoms with Gasteiger partial charge < -0.3 is 9.55 Å². The first-order valence-electron chi connectivity index (χ1n) is 7.26. The zero-order chi connectivity index (χ0) is 18.0. The number of aromatic amines is 1. The van der Waals surface area contributed by atoms with E-state index in [1.165, 1.54) is 11.8 Å². The first-order valence-corrected chi connectivity index (χ1v) is 9.21. The number of benzene rings is 1. The number of imidazole rings is 1. The number of unbranched alkanes of at least 4 members (excludes halogenated alkanes) is 1. The molecule has 3 rings (SSSR count). The molecular formula is C16H12Cl3N5S. The Labute approximate surface area is 163 Å². The van der Waals surface area contributed by atoms with Gasteiger partial charge in [-0.05, 0) is 18.6 Å². The normalized spacial score (nSPS) is 11.0. The lowest BCUT2D eigenvalue weighted by molar-refractivity contribution is 0.653. The Hall–Kier alpha value is -1.65. The number of hydrogen-bond donors (Lipinski definition) is 2. The lowest BCUT2D eigenvalue weighted by Gasteiger charge is -2.05. The highest BCUT2D eigenvalue weighted by molar-refractivity contribution is 7.99. The van der Waals surface area contributed by atoms with Crippen molar-refractivity contribution in [2.75, 3.05) is 0 Å². The molecule has 0 saturated heterocycles. The van der Waals surface area contributed by atoms with E-state index >= 15 is 0 Å². The van der Waals surface area contributed by atoms with Crippen molar-refractivity contribution in [3.05, 3.63) is 39.0 Å². The highest BCUT2D eigenvalue weighted by atomic mass is 35.5. The van der Waals surface area contributed by atoms with Crippen molar-refractivity contribution >= 4 is 57.7 Å². The third-order valence-corrected chi connectivity index (χ3v) is 5.78. The molecule has 5 nitrogen and oxygen atoms in total. The topological polar surface area (TPSA) is 70.3 Å². The van der Waals surface area contributed by atoms with Gasteiger partial charge in [0.25, 0.3) is 0 Å². The number of terminal acetylenes is 1. The fourth-order valence-corrected chi connectivity index (χ4v) is 3.75. The van der Waals surface area contributed by atoms with Crippen LogP contribution < -0.4 is 5.49 Å². The Bertz CT molecular complexity index is 1030. The minimum atomic E-state index is 0.128. The molecule has 0 amide bonds. The maximum Gasteiger partial charge on any atom is 0.173 e. The van der Waals surface area contributed by atoms with Gasteiger partial charge in [-0.3, -0.25) is 5.41 Å². The fourth-order valence-electron chi connectivity index (χ4n) is 2.22. The van der Waals surface area contributed by atoms with E-state index in [1.54, 1.807) is 18.5 Å². The molecule has 0 saturated carbocycles. The molecule has 1 aromatic carbocycles. The van der Waals surface area contributed by atoms with Crippen molar-refractivity contribution in [3.8, 4) is 12.3 Å². The van der Waals surface area contributed by atoms with Crippen LogP contribution in [0.2, 0.25) is 15.1 Å². The van der Waals surface area contributed by atoms with E-state index < -0.39 is 0 Å². The van der Waals surface area contributed by atoms with Crippen LogP contribution in [0.15, 0.2) is 28.5 Å². The molecular weight excluding hydrogens is 401 g/mol. The molecule has 0 aliphatic carbocycles. The summed E-state index contributed by atoms with van der Waals surface area (Å²) in [5.74, 6) is 2.61. The Balaban J connectivity index is 1.97. The molecule has 0 unspecified atom stereocenters. The number of fused-ring (bicyclic) bond motifs is 1. The van der Waals surface area contributed by atoms with E-state index in [-0.39, 0.29) is 5.49 Å². The molecule has 128 valence electrons. The Morgan fingerprint density at radius 2 is 2.08 bits per heavy atom. The van der Waals surface area contributed by atoms with Gasteiger partial charge in [-0.25, -0.2) is 9.97 Å². The van der Waals surface area contributed by atoms with Crippen LogP contribution in [0.5, 0.6) is 0 Å². The predicted octanol–water partition coefficient (Wildman–Crippen LogP) is 4.76. The average molecular weight is 413 g/mol. The molecule has 0 aliphatic heterocycles. The van der Waals surface area contributed by atoms with E-state index in [4.69, 9.17) is 46.6 Å². The highest BCUT2D eigenvalue weighted by Crippen LogP contribution is 2.39. The van der Waals surface area contributed by atoms with Gasteiger partial charge in [-0.15, -0.1) is 12.3 Å². The Morgan fingerprint density at radius 1 is 1.28 bits per heavy atom. The van der Waals surface area contributed by atoms with Gasteiger partial charge in [0.2, 0.25) is 0 Å². The first kappa shape index (κ1) is 18.2. The summed E-state index contributed by atoms with van der Waals surface area (Å²) >= 11 is 19.6. The number of nitrogens with one attached hydrogen (secondary N) is 2. The van der Waals surface area contributed by atoms with Crippen molar-refractivity contribution in [2.24, 2.45) is 0 Å². The summed E-state index contributed by atoms with van der Waals surface area (Å²) < 4.78 is 1.88. The summed E-state index contributed by atoms with van der Waals surface area (Å²) in [5, 5.41) is 9.62. The van der Waals surface area contributed by atoms with Crippen LogP contribution in [0.25, 0.3) is 11.2 Å². The fraction of sp³-hybridized carbons (Fsp3) is 0.188. The monoisotopic (exact) mass is 411 g/mol. The third kappa shape index (κ3) is 3.80. The Kier molecular flexibility index (Phi) is 5.60. The van der Waals surface area contributed by atoms with E-state index in [0.29, 0.717) is 49.2 Å². The summed E-state index contributed by atoms with van der Waals surface area (Å²) in [6.07, 6.45) is 8.37. The van der Waals surface area contributed by atoms with E-state index in [1.807, 2.05) is 4.57 Å². The number of halogens is 3. The third-order valence-electron chi connectivity index (χ3n) is 3.42. The molecule has 25 heavy (non-hydrogen) atoms. The number of aromatic nitrogens is 4. The molecule has 0 spiro atoms. The maximum atomic E-state index is 7.97. The molecule has 3 aromatic rings. The van der Waals surface area contributed by atoms with Crippen molar-refractivity contribution in [1.82, 2.24) is 19.5 Å². The van der Waals surface area contributed by atoms with E-state index in [0.717, 1.165) is 6.42 Å². The van der Waals surface area contributed by atoms with Gasteiger partial charge in [-0.1, -0.05) is 46.6 Å². The molecule has 2 aromatic heterocycles. The van der Waals surface area contributed by atoms with Gasteiger partial charge in [0, 0.05) is 17.9 Å². The second-order valence-electron chi connectivity index (χ2n) is 5.11. The standard InChI is InChI=1S/C16H12Cl3N5S/c1-2-3-4-7-24-8-21-14(20)13-15(24)23-16(22-13)25-10-6-5-9(17)11(18)12(10)19/h1,5-6,8,20H,3-4,7H2,(H,22,23). The maximum absolute atomic E-state index is 7.97. The number of H-pyrrole nitrogens is 1. The van der Waals surface area contributed by atoms with Crippen LogP contribution in [0, 0.1) is 17.8 Å². The lowest BCUT2D eigenvalue weighted by atomic mass is 10.3. The second-order valence-corrected chi connectivity index (χ2v) is 7.30. The average Bonchev–Trinajstić information content (AvgIpc) is 3.02. The largest absolute Gasteiger partial charge is 0.328 e. The number of aryl methyl sites for hydroxylation is 1. The van der Waals surface area contributed by atoms with Crippen LogP contribution >= 0.6 is 46.6 Å². The summed E-state index contributed by atoms with van der Waals surface area (Å²) in [6, 6.07) is 3.45. The number of nitrogens with zero attached hydrogens (tertiary/aromatic N) is 3. The SMILES string of the molecule is C#CCCCn1cnc(=N)c2[nH]c(Sc3ccc(Cl)c(Cl)c3Cl)nc21. The zero-order valence-corrected chi connectivity index (χ0v) is 15.9. The van der Waals surface area contributed by atoms with Gasteiger partial charge in [0.15, 0.2) is 16.3 Å². The molecule has 2 heterocycles. The molecule has 0 fully saturated rings. The number of hydrogen-bond acceptors (Lipinski definition) is 4. The van der Waals surface area contributed by atoms with Crippen molar-refractivity contribution < 1.29 is 0 Å². The van der Waals surface area contributed by atoms with Gasteiger partial charge >= 0.3 is 0 Å². The quantitative estimate of drug-likeness (QED) is 0.360. The van der Waals surface area contributed by atoms with Crippen molar-refractivity contribution in [2.45, 2.75) is 29.4 Å². The zero-order valence-electron chi connectivity index (χ0n) is 12.8. The van der Waals surface area contributed by atoms with Gasteiger partial charge in [-0.2, -0.15) is 0 Å². The van der Waals surface area contributed by atoms with Crippen LogP contribution in [0.1, 0.15) is 12.8 Å². The smallest absolute Gasteiger partial charge is 0.173 e. The van der Waals surface area contributed by atoms with Gasteiger partial charge in [0.05, 0.1) is 21.4 Å². The van der Waals surface area contributed by atoms with Crippen molar-refractivity contribution in [1.29, 1.82) is 5.41 Å². The van der Waals surface area contributed by atoms with Crippen LogP contribution in [0.3, 0.4) is 0 Å². The number of rotatable bonds is 5. The molecule has 0 aliphatic rings. The minimum Gasteiger partial charge on any atom is -0.328 e. The highest BCUT2D eigenvalue weighted by Gasteiger charge is 2.14. The molecule has 0 radical (unpaired) electrons. The summed E-state index contributed by atoms with van der Waals surface area (Å²) in [7, 11) is 0. The second kappa shape index (κ2) is 7.71. The van der Waals surface area contributed by atoms with Gasteiger partial charge in [0.1, 0.15) is 5.52 Å². The summed E-state index contributed by atoms with van der Waals surface area (Å²) in [4.78, 5) is 12.5. The molecule has 2 N–H and O–H groups in total. The molecule has 0 atom stereocenters. The molecule has 0 bridgehead atoms. The predicted molar refractivity (Wildman–Crippen MR) is 101 cm³/mol. The minimum absolute atomic E-state index is 0.128. The van der Waals surface area contributed by atoms with Crippen LogP contribution in [-0.4, -0.2) is 19.5 Å². The molecule has 9 heteroatoms. The summed E-state index contributed by atoms with van der Waals surface area (Å²) in [6.45, 7) is 0.677. The van der Waals surface area contributed by atoms with E-state index in [2.05, 4.69) is 20.9 Å². The first-order chi connectivity index (χ1) is 12.0. The van der Waals surface area contributed by atoms with Crippen molar-refractivity contribution in [3.63, 3.8) is 0 Å². The summed E-state index contributed by atoms with van der Waals surface area (Å²) in [5.41, 5.74) is 1.33. The lowest BCUT2D eigenvalue weighted by Crippen LogP contribution is -2.12. The van der Waals surface area contributed by atoms with Crippen LogP contribution in [-0.2, 0) is 6.54 Å². The van der Waals surface area contributed by atoms with Crippen LogP contribution in [0.4, 0.5) is 0 Å². The Morgan fingerprint density at radius 3 is 2.84 bits per heavy atom.